The fourth-order valence-corrected chi connectivity index (χ4v) is 6.02. The Kier molecular flexibility index (Phi) is 11.5. The van der Waals surface area contributed by atoms with E-state index in [0.717, 1.165) is 30.3 Å². The predicted octanol–water partition coefficient (Wildman–Crippen LogP) is -0.745. The minimum Gasteiger partial charge on any atom is -0.508 e. The Balaban J connectivity index is 1.37. The fraction of sp³-hybridized carbons (Fsp3) is 0.333. The number of phenolic OH excluding ortho intramolecular Hbond substituents is 5. The van der Waals surface area contributed by atoms with E-state index in [4.69, 9.17) is 28.1 Å². The molecule has 55 heavy (non-hydrogen) atoms. The van der Waals surface area contributed by atoms with E-state index in [2.05, 4.69) is 0 Å². The molecule has 294 valence electrons. The number of ether oxygens (including phenoxy) is 5. The molecule has 5 unspecified atom stereocenters. The van der Waals surface area contributed by atoms with Crippen LogP contribution in [0.2, 0.25) is 0 Å². The smallest absolute Gasteiger partial charge is 0.331 e. The van der Waals surface area contributed by atoms with Gasteiger partial charge in [-0.25, -0.2) is 4.79 Å². The van der Waals surface area contributed by atoms with Crippen LogP contribution in [0, 0.1) is 0 Å². The van der Waals surface area contributed by atoms with Crippen LogP contribution in [-0.2, 0) is 23.7 Å². The zero-order valence-corrected chi connectivity index (χ0v) is 28.2. The second-order valence-electron chi connectivity index (χ2n) is 12.6. The Morgan fingerprint density at radius 1 is 0.709 bits per heavy atom. The van der Waals surface area contributed by atoms with Crippen molar-refractivity contribution >= 4 is 23.0 Å². The molecule has 0 aliphatic carbocycles. The second-order valence-corrected chi connectivity index (χ2v) is 12.6. The van der Waals surface area contributed by atoms with Crippen molar-refractivity contribution in [3.8, 4) is 45.8 Å². The molecule has 0 spiro atoms. The number of esters is 1. The molecule has 1 aromatic heterocycles. The predicted molar refractivity (Wildman–Crippen MR) is 183 cm³/mol. The van der Waals surface area contributed by atoms with Crippen LogP contribution >= 0.6 is 0 Å². The minimum absolute atomic E-state index is 0.114. The molecular formula is C36H36O19. The van der Waals surface area contributed by atoms with Crippen molar-refractivity contribution in [1.29, 1.82) is 0 Å². The largest absolute Gasteiger partial charge is 0.508 e. The Morgan fingerprint density at radius 3 is 1.98 bits per heavy atom. The number of fused-ring (bicyclic) bond motifs is 1. The number of aliphatic hydroxyl groups excluding tert-OH is 6. The highest BCUT2D eigenvalue weighted by molar-refractivity contribution is 5.88. The van der Waals surface area contributed by atoms with Crippen molar-refractivity contribution < 1.29 is 89.1 Å². The average molecular weight is 773 g/mol. The van der Waals surface area contributed by atoms with Crippen LogP contribution < -0.4 is 10.2 Å². The first-order chi connectivity index (χ1) is 26.2. The van der Waals surface area contributed by atoms with Crippen molar-refractivity contribution in [3.05, 3.63) is 76.5 Å². The lowest BCUT2D eigenvalue weighted by atomic mass is 9.97. The van der Waals surface area contributed by atoms with Gasteiger partial charge in [-0.3, -0.25) is 4.79 Å². The molecule has 2 aliphatic heterocycles. The van der Waals surface area contributed by atoms with E-state index in [9.17, 15) is 65.8 Å². The Labute approximate surface area is 308 Å². The summed E-state index contributed by atoms with van der Waals surface area (Å²) in [6.07, 6.45) is -16.8. The lowest BCUT2D eigenvalue weighted by Gasteiger charge is -2.46. The summed E-state index contributed by atoms with van der Waals surface area (Å²) in [6.45, 7) is -1.79. The number of phenols is 5. The SMILES string of the molecule is O=C(/C=C/c1ccc(O)c(O)c1)OC1C(O)[C@H](O)C(CO)O[C@H]1OC1[C@H](Oc2c(-c3ccc(O)cc3)oc3cc(O)cc(O)c3c2=O)OC(CO)[C@@H](O)[C@@H]1O. The Bertz CT molecular complexity index is 2100. The molecule has 19 nitrogen and oxygen atoms in total. The van der Waals surface area contributed by atoms with E-state index in [1.54, 1.807) is 0 Å². The number of carbonyl (C=O) groups is 1. The first kappa shape index (κ1) is 39.2. The van der Waals surface area contributed by atoms with Gasteiger partial charge in [0.05, 0.1) is 13.2 Å². The number of hydrogen-bond donors (Lipinski definition) is 11. The molecule has 4 aromatic rings. The molecule has 11 N–H and O–H groups in total. The third kappa shape index (κ3) is 8.01. The second kappa shape index (κ2) is 16.1. The molecule has 0 bridgehead atoms. The van der Waals surface area contributed by atoms with E-state index in [0.29, 0.717) is 0 Å². The van der Waals surface area contributed by atoms with Crippen molar-refractivity contribution in [3.63, 3.8) is 0 Å². The van der Waals surface area contributed by atoms with Gasteiger partial charge in [0, 0.05) is 23.8 Å². The van der Waals surface area contributed by atoms with Crippen LogP contribution in [0.1, 0.15) is 5.56 Å². The molecule has 6 rings (SSSR count). The summed E-state index contributed by atoms with van der Waals surface area (Å²) < 4.78 is 34.5. The molecule has 2 fully saturated rings. The number of aliphatic hydroxyl groups is 6. The lowest BCUT2D eigenvalue weighted by Crippen LogP contribution is -2.65. The topological polar surface area (TPSA) is 316 Å². The summed E-state index contributed by atoms with van der Waals surface area (Å²) in [5, 5.41) is 113. The minimum atomic E-state index is -2.05. The molecule has 2 saturated heterocycles. The van der Waals surface area contributed by atoms with Crippen LogP contribution in [0.4, 0.5) is 0 Å². The maximum Gasteiger partial charge on any atom is 0.331 e. The summed E-state index contributed by atoms with van der Waals surface area (Å²) in [6, 6.07) is 10.7. The quantitative estimate of drug-likeness (QED) is 0.0537. The maximum atomic E-state index is 14.0. The van der Waals surface area contributed by atoms with Gasteiger partial charge in [0.25, 0.3) is 0 Å². The number of carbonyl (C=O) groups excluding carboxylic acids is 1. The zero-order chi connectivity index (χ0) is 39.7. The molecule has 0 radical (unpaired) electrons. The first-order valence-corrected chi connectivity index (χ1v) is 16.5. The summed E-state index contributed by atoms with van der Waals surface area (Å²) in [7, 11) is 0. The van der Waals surface area contributed by atoms with Gasteiger partial charge in [-0.2, -0.15) is 0 Å². The third-order valence-electron chi connectivity index (χ3n) is 8.89. The van der Waals surface area contributed by atoms with Crippen LogP contribution in [0.3, 0.4) is 0 Å². The summed E-state index contributed by atoms with van der Waals surface area (Å²) in [4.78, 5) is 26.9. The molecule has 0 amide bonds. The van der Waals surface area contributed by atoms with Gasteiger partial charge in [0.15, 0.2) is 35.8 Å². The Hall–Kier alpha value is -5.48. The van der Waals surface area contributed by atoms with Gasteiger partial charge in [-0.15, -0.1) is 0 Å². The van der Waals surface area contributed by atoms with Crippen LogP contribution in [-0.4, -0.2) is 137 Å². The molecular weight excluding hydrogens is 736 g/mol. The number of benzene rings is 3. The lowest BCUT2D eigenvalue weighted by molar-refractivity contribution is -0.358. The Morgan fingerprint density at radius 2 is 1.35 bits per heavy atom. The molecule has 0 saturated carbocycles. The molecule has 3 aromatic carbocycles. The number of aromatic hydroxyl groups is 5. The van der Waals surface area contributed by atoms with Crippen LogP contribution in [0.15, 0.2) is 69.9 Å². The molecule has 2 aliphatic rings. The van der Waals surface area contributed by atoms with E-state index < -0.39 is 120 Å². The molecule has 19 heteroatoms. The van der Waals surface area contributed by atoms with Crippen LogP contribution in [0.25, 0.3) is 28.4 Å². The van der Waals surface area contributed by atoms with Gasteiger partial charge < -0.3 is 84.3 Å². The normalized spacial score (nSPS) is 28.3. The van der Waals surface area contributed by atoms with Crippen molar-refractivity contribution in [2.24, 2.45) is 0 Å². The summed E-state index contributed by atoms with van der Waals surface area (Å²) >= 11 is 0. The van der Waals surface area contributed by atoms with E-state index >= 15 is 0 Å². The highest BCUT2D eigenvalue weighted by Gasteiger charge is 2.53. The van der Waals surface area contributed by atoms with E-state index in [-0.39, 0.29) is 28.2 Å². The summed E-state index contributed by atoms with van der Waals surface area (Å²) in [5.74, 6) is -4.44. The van der Waals surface area contributed by atoms with Gasteiger partial charge in [-0.1, -0.05) is 6.07 Å². The molecule has 3 heterocycles. The average Bonchev–Trinajstić information content (AvgIpc) is 3.15. The monoisotopic (exact) mass is 772 g/mol. The first-order valence-electron chi connectivity index (χ1n) is 16.5. The van der Waals surface area contributed by atoms with Crippen molar-refractivity contribution in [2.75, 3.05) is 13.2 Å². The van der Waals surface area contributed by atoms with Gasteiger partial charge >= 0.3 is 5.97 Å². The van der Waals surface area contributed by atoms with Crippen molar-refractivity contribution in [2.45, 2.75) is 61.4 Å². The van der Waals surface area contributed by atoms with Crippen molar-refractivity contribution in [1.82, 2.24) is 0 Å². The number of hydrogen-bond acceptors (Lipinski definition) is 19. The van der Waals surface area contributed by atoms with Crippen LogP contribution in [0.5, 0.6) is 34.5 Å². The van der Waals surface area contributed by atoms with Gasteiger partial charge in [-0.05, 0) is 48.0 Å². The van der Waals surface area contributed by atoms with Gasteiger partial charge in [0.2, 0.25) is 17.5 Å². The highest BCUT2D eigenvalue weighted by Crippen LogP contribution is 2.38. The third-order valence-corrected chi connectivity index (χ3v) is 8.89. The molecule has 10 atom stereocenters. The fourth-order valence-electron chi connectivity index (χ4n) is 6.02. The maximum absolute atomic E-state index is 14.0. The summed E-state index contributed by atoms with van der Waals surface area (Å²) in [5.41, 5.74) is -0.981. The van der Waals surface area contributed by atoms with E-state index in [1.165, 1.54) is 36.4 Å². The standard InChI is InChI=1S/C36H36O19/c37-12-22-26(45)29(48)33(53-24(44)8-2-14-1-7-18(41)19(42)9-14)35(51-22)55-34-30(49)27(46)23(13-38)52-36(34)54-32-28(47)25-20(43)10-17(40)11-21(25)50-31(32)15-3-5-16(39)6-4-15/h1-11,22-23,26-27,29-30,33-43,45-46,48-49H,12-13H2/b8-2+/t22?,23?,26-,27-,29?,30+,33?,34?,35+,36+/m1/s1. The zero-order valence-electron chi connectivity index (χ0n) is 28.2. The highest BCUT2D eigenvalue weighted by atomic mass is 16.8. The van der Waals surface area contributed by atoms with E-state index in [1.807, 2.05) is 0 Å². The number of rotatable bonds is 10. The van der Waals surface area contributed by atoms with Gasteiger partial charge in [0.1, 0.15) is 64.8 Å².